The van der Waals surface area contributed by atoms with E-state index in [4.69, 9.17) is 4.74 Å². The van der Waals surface area contributed by atoms with Gasteiger partial charge in [-0.25, -0.2) is 22.2 Å². The van der Waals surface area contributed by atoms with Crippen molar-refractivity contribution in [3.8, 4) is 11.5 Å². The maximum atomic E-state index is 13.8. The highest BCUT2D eigenvalue weighted by atomic mass is 32.2. The Morgan fingerprint density at radius 3 is 2.64 bits per heavy atom. The van der Waals surface area contributed by atoms with Crippen LogP contribution in [0.2, 0.25) is 0 Å². The van der Waals surface area contributed by atoms with Crippen LogP contribution in [0.15, 0.2) is 35.3 Å². The van der Waals surface area contributed by atoms with E-state index in [0.29, 0.717) is 11.5 Å². The summed E-state index contributed by atoms with van der Waals surface area (Å²) >= 11 is 0. The topological polar surface area (TPSA) is 103 Å². The van der Waals surface area contributed by atoms with Gasteiger partial charge in [-0.3, -0.25) is 9.36 Å². The molecule has 28 heavy (non-hydrogen) atoms. The summed E-state index contributed by atoms with van der Waals surface area (Å²) in [5.41, 5.74) is -0.314. The van der Waals surface area contributed by atoms with Crippen molar-refractivity contribution in [2.75, 3.05) is 23.9 Å². The Morgan fingerprint density at radius 1 is 1.21 bits per heavy atom. The number of ether oxygens (including phenoxy) is 1. The van der Waals surface area contributed by atoms with E-state index < -0.39 is 27.0 Å². The third-order valence-electron chi connectivity index (χ3n) is 3.79. The standard InChI is InChI=1S/C17H16F2N4O4S/c1-23-15-10(9-21-17(22-15)20-5-6-28(2,25)26)7-14(16(23)24)27-13-4-3-11(18)8-12(13)19/h3-4,7-9H,5-6H2,1-2H3,(H,20,21,22). The molecule has 1 N–H and O–H groups in total. The molecule has 0 aliphatic rings. The minimum atomic E-state index is -3.14. The van der Waals surface area contributed by atoms with E-state index in [0.717, 1.165) is 18.4 Å². The molecular formula is C17H16F2N4O4S. The summed E-state index contributed by atoms with van der Waals surface area (Å²) in [6.45, 7) is 0.114. The van der Waals surface area contributed by atoms with Gasteiger partial charge in [0.2, 0.25) is 5.95 Å². The molecule has 2 heterocycles. The zero-order valence-corrected chi connectivity index (χ0v) is 15.8. The summed E-state index contributed by atoms with van der Waals surface area (Å²) in [6, 6.07) is 4.10. The predicted molar refractivity (Wildman–Crippen MR) is 99.4 cm³/mol. The van der Waals surface area contributed by atoms with Crippen molar-refractivity contribution in [3.63, 3.8) is 0 Å². The van der Waals surface area contributed by atoms with Crippen molar-refractivity contribution in [3.05, 3.63) is 52.5 Å². The summed E-state index contributed by atoms with van der Waals surface area (Å²) < 4.78 is 55.6. The van der Waals surface area contributed by atoms with Gasteiger partial charge in [-0.1, -0.05) is 0 Å². The molecule has 0 bridgehead atoms. The lowest BCUT2D eigenvalue weighted by atomic mass is 10.3. The summed E-state index contributed by atoms with van der Waals surface area (Å²) in [6.07, 6.45) is 2.53. The average Bonchev–Trinajstić information content (AvgIpc) is 2.61. The minimum absolute atomic E-state index is 0.0939. The molecule has 3 aromatic rings. The number of rotatable bonds is 6. The lowest BCUT2D eigenvalue weighted by Gasteiger charge is -2.11. The first kappa shape index (κ1) is 19.7. The van der Waals surface area contributed by atoms with Crippen LogP contribution in [0.5, 0.6) is 11.5 Å². The van der Waals surface area contributed by atoms with Crippen molar-refractivity contribution in [2.24, 2.45) is 7.05 Å². The normalized spacial score (nSPS) is 11.6. The first-order valence-electron chi connectivity index (χ1n) is 8.05. The Bertz CT molecular complexity index is 1210. The summed E-state index contributed by atoms with van der Waals surface area (Å²) in [5.74, 6) is -2.11. The van der Waals surface area contributed by atoms with Gasteiger partial charge in [-0.2, -0.15) is 4.98 Å². The van der Waals surface area contributed by atoms with Crippen LogP contribution in [0, 0.1) is 11.6 Å². The summed E-state index contributed by atoms with van der Waals surface area (Å²) in [7, 11) is -1.69. The monoisotopic (exact) mass is 410 g/mol. The number of fused-ring (bicyclic) bond motifs is 1. The Labute approximate surface area is 158 Å². The number of nitrogens with one attached hydrogen (secondary N) is 1. The molecule has 0 saturated heterocycles. The molecule has 0 radical (unpaired) electrons. The van der Waals surface area contributed by atoms with Crippen LogP contribution in [0.25, 0.3) is 11.0 Å². The number of hydrogen-bond acceptors (Lipinski definition) is 7. The highest BCUT2D eigenvalue weighted by Gasteiger charge is 2.14. The highest BCUT2D eigenvalue weighted by Crippen LogP contribution is 2.24. The molecule has 0 saturated carbocycles. The van der Waals surface area contributed by atoms with E-state index >= 15 is 0 Å². The van der Waals surface area contributed by atoms with Gasteiger partial charge in [0.25, 0.3) is 5.56 Å². The van der Waals surface area contributed by atoms with Gasteiger partial charge >= 0.3 is 0 Å². The van der Waals surface area contributed by atoms with Gasteiger partial charge in [0, 0.05) is 37.5 Å². The van der Waals surface area contributed by atoms with Crippen LogP contribution in [0.3, 0.4) is 0 Å². The lowest BCUT2D eigenvalue weighted by molar-refractivity contribution is 0.430. The van der Waals surface area contributed by atoms with Crippen LogP contribution in [-0.2, 0) is 16.9 Å². The van der Waals surface area contributed by atoms with E-state index in [1.165, 1.54) is 23.9 Å². The molecule has 1 aromatic carbocycles. The number of pyridine rings is 1. The Balaban J connectivity index is 1.92. The molecular weight excluding hydrogens is 394 g/mol. The molecule has 0 aliphatic heterocycles. The number of hydrogen-bond donors (Lipinski definition) is 1. The maximum Gasteiger partial charge on any atom is 0.294 e. The molecule has 2 aromatic heterocycles. The van der Waals surface area contributed by atoms with Crippen molar-refractivity contribution in [1.29, 1.82) is 0 Å². The van der Waals surface area contributed by atoms with Crippen molar-refractivity contribution in [2.45, 2.75) is 0 Å². The summed E-state index contributed by atoms with van der Waals surface area (Å²) in [5, 5.41) is 3.21. The van der Waals surface area contributed by atoms with Crippen molar-refractivity contribution in [1.82, 2.24) is 14.5 Å². The van der Waals surface area contributed by atoms with Gasteiger partial charge in [0.1, 0.15) is 21.3 Å². The zero-order chi connectivity index (χ0) is 20.5. The average molecular weight is 410 g/mol. The fraction of sp³-hybridized carbons (Fsp3) is 0.235. The molecule has 3 rings (SSSR count). The fourth-order valence-electron chi connectivity index (χ4n) is 2.40. The van der Waals surface area contributed by atoms with E-state index in [9.17, 15) is 22.0 Å². The van der Waals surface area contributed by atoms with E-state index in [1.807, 2.05) is 0 Å². The van der Waals surface area contributed by atoms with Gasteiger partial charge in [0.05, 0.1) is 5.75 Å². The number of nitrogens with zero attached hydrogens (tertiary/aromatic N) is 3. The largest absolute Gasteiger partial charge is 0.448 e. The minimum Gasteiger partial charge on any atom is -0.448 e. The molecule has 0 unspecified atom stereocenters. The van der Waals surface area contributed by atoms with Crippen LogP contribution < -0.4 is 15.6 Å². The number of benzene rings is 1. The van der Waals surface area contributed by atoms with Crippen molar-refractivity contribution < 1.29 is 21.9 Å². The smallest absolute Gasteiger partial charge is 0.294 e. The fourth-order valence-corrected chi connectivity index (χ4v) is 2.87. The zero-order valence-electron chi connectivity index (χ0n) is 14.9. The molecule has 11 heteroatoms. The van der Waals surface area contributed by atoms with E-state index in [1.54, 1.807) is 0 Å². The van der Waals surface area contributed by atoms with E-state index in [-0.39, 0.29) is 35.4 Å². The van der Waals surface area contributed by atoms with Crippen LogP contribution in [0.4, 0.5) is 14.7 Å². The van der Waals surface area contributed by atoms with E-state index in [2.05, 4.69) is 15.3 Å². The first-order valence-corrected chi connectivity index (χ1v) is 10.1. The number of halogens is 2. The third-order valence-corrected chi connectivity index (χ3v) is 4.73. The van der Waals surface area contributed by atoms with Crippen LogP contribution in [-0.4, -0.2) is 41.5 Å². The molecule has 0 aliphatic carbocycles. The molecule has 0 fully saturated rings. The van der Waals surface area contributed by atoms with Gasteiger partial charge in [0.15, 0.2) is 17.3 Å². The first-order chi connectivity index (χ1) is 13.1. The Hall–Kier alpha value is -3.08. The number of anilines is 1. The SMILES string of the molecule is Cn1c(=O)c(Oc2ccc(F)cc2F)cc2cnc(NCCS(C)(=O)=O)nc21. The molecule has 0 atom stereocenters. The Morgan fingerprint density at radius 2 is 1.96 bits per heavy atom. The van der Waals surface area contributed by atoms with Crippen molar-refractivity contribution >= 4 is 26.8 Å². The lowest BCUT2D eigenvalue weighted by Crippen LogP contribution is -2.20. The maximum absolute atomic E-state index is 13.8. The number of sulfone groups is 1. The number of aromatic nitrogens is 3. The van der Waals surface area contributed by atoms with Crippen LogP contribution in [0.1, 0.15) is 0 Å². The second-order valence-electron chi connectivity index (χ2n) is 6.08. The molecule has 0 spiro atoms. The molecule has 8 nitrogen and oxygen atoms in total. The summed E-state index contributed by atoms with van der Waals surface area (Å²) in [4.78, 5) is 20.8. The second-order valence-corrected chi connectivity index (χ2v) is 8.34. The third kappa shape index (κ3) is 4.42. The molecule has 148 valence electrons. The number of aryl methyl sites for hydroxylation is 1. The highest BCUT2D eigenvalue weighted by molar-refractivity contribution is 7.90. The quantitative estimate of drug-likeness (QED) is 0.662. The van der Waals surface area contributed by atoms with Gasteiger partial charge < -0.3 is 10.1 Å². The Kier molecular flexibility index (Phi) is 5.27. The molecule has 0 amide bonds. The van der Waals surface area contributed by atoms with Gasteiger partial charge in [-0.15, -0.1) is 0 Å². The predicted octanol–water partition coefficient (Wildman–Crippen LogP) is 1.86. The second kappa shape index (κ2) is 7.50. The van der Waals surface area contributed by atoms with Gasteiger partial charge in [-0.05, 0) is 18.2 Å². The van der Waals surface area contributed by atoms with Crippen LogP contribution >= 0.6 is 0 Å².